The molecule has 6 heteroatoms. The Morgan fingerprint density at radius 3 is 2.45 bits per heavy atom. The number of fused-ring (bicyclic) bond motifs is 1. The third-order valence-electron chi connectivity index (χ3n) is 5.03. The summed E-state index contributed by atoms with van der Waals surface area (Å²) in [6.07, 6.45) is 1.58. The Hall–Kier alpha value is -4.19. The van der Waals surface area contributed by atoms with Gasteiger partial charge >= 0.3 is 0 Å². The molecule has 0 unspecified atom stereocenters. The molecule has 1 N–H and O–H groups in total. The first-order chi connectivity index (χ1) is 16.1. The van der Waals surface area contributed by atoms with E-state index in [1.807, 2.05) is 43.3 Å². The zero-order chi connectivity index (χ0) is 23.0. The first-order valence-corrected chi connectivity index (χ1v) is 10.6. The summed E-state index contributed by atoms with van der Waals surface area (Å²) in [6, 6.07) is 24.7. The number of hydrogen-bond acceptors (Lipinski definition) is 4. The number of amides is 1. The van der Waals surface area contributed by atoms with Gasteiger partial charge in [-0.15, -0.1) is 0 Å². The van der Waals surface area contributed by atoms with Crippen molar-refractivity contribution in [2.75, 3.05) is 6.61 Å². The molecule has 0 saturated heterocycles. The number of hydrazone groups is 1. The summed E-state index contributed by atoms with van der Waals surface area (Å²) < 4.78 is 24.6. The van der Waals surface area contributed by atoms with Crippen molar-refractivity contribution in [1.29, 1.82) is 0 Å². The van der Waals surface area contributed by atoms with Crippen molar-refractivity contribution in [1.82, 2.24) is 5.43 Å². The van der Waals surface area contributed by atoms with Crippen molar-refractivity contribution < 1.29 is 18.7 Å². The Balaban J connectivity index is 1.53. The second-order valence-electron chi connectivity index (χ2n) is 7.27. The van der Waals surface area contributed by atoms with Crippen LogP contribution < -0.4 is 14.9 Å². The van der Waals surface area contributed by atoms with E-state index in [-0.39, 0.29) is 18.3 Å². The van der Waals surface area contributed by atoms with Gasteiger partial charge in [0.15, 0.2) is 0 Å². The SMILES string of the molecule is CCOc1ccc(C(=O)N/N=C/c2c(OCc3ccc(F)cc3)ccc3ccccc23)cc1. The number of carbonyl (C=O) groups is 1. The number of nitrogens with one attached hydrogen (secondary N) is 1. The highest BCUT2D eigenvalue weighted by atomic mass is 19.1. The van der Waals surface area contributed by atoms with Crippen LogP contribution in [0.1, 0.15) is 28.4 Å². The molecule has 33 heavy (non-hydrogen) atoms. The number of rotatable bonds is 8. The van der Waals surface area contributed by atoms with Crippen LogP contribution in [-0.4, -0.2) is 18.7 Å². The molecule has 5 nitrogen and oxygen atoms in total. The van der Waals surface area contributed by atoms with Crippen LogP contribution in [0, 0.1) is 5.82 Å². The largest absolute Gasteiger partial charge is 0.494 e. The van der Waals surface area contributed by atoms with Crippen LogP contribution in [-0.2, 0) is 6.61 Å². The normalized spacial score (nSPS) is 11.0. The lowest BCUT2D eigenvalue weighted by molar-refractivity contribution is 0.0955. The predicted molar refractivity (Wildman–Crippen MR) is 127 cm³/mol. The number of carbonyl (C=O) groups excluding carboxylic acids is 1. The van der Waals surface area contributed by atoms with Crippen LogP contribution in [0.4, 0.5) is 4.39 Å². The minimum absolute atomic E-state index is 0.276. The maximum atomic E-state index is 13.2. The van der Waals surface area contributed by atoms with Gasteiger partial charge < -0.3 is 9.47 Å². The van der Waals surface area contributed by atoms with E-state index in [2.05, 4.69) is 10.5 Å². The fourth-order valence-corrected chi connectivity index (χ4v) is 3.37. The maximum Gasteiger partial charge on any atom is 0.271 e. The molecule has 0 bridgehead atoms. The van der Waals surface area contributed by atoms with Gasteiger partial charge in [0.25, 0.3) is 5.91 Å². The fourth-order valence-electron chi connectivity index (χ4n) is 3.37. The van der Waals surface area contributed by atoms with Gasteiger partial charge in [0.05, 0.1) is 12.8 Å². The van der Waals surface area contributed by atoms with Gasteiger partial charge in [0.1, 0.15) is 23.9 Å². The van der Waals surface area contributed by atoms with Crippen molar-refractivity contribution in [3.63, 3.8) is 0 Å². The quantitative estimate of drug-likeness (QED) is 0.280. The minimum Gasteiger partial charge on any atom is -0.494 e. The molecular weight excluding hydrogens is 419 g/mol. The summed E-state index contributed by atoms with van der Waals surface area (Å²) in [7, 11) is 0. The molecule has 0 aliphatic rings. The van der Waals surface area contributed by atoms with Crippen molar-refractivity contribution in [3.05, 3.63) is 107 Å². The van der Waals surface area contributed by atoms with Crippen LogP contribution in [0.3, 0.4) is 0 Å². The molecule has 0 aliphatic carbocycles. The van der Waals surface area contributed by atoms with Crippen LogP contribution >= 0.6 is 0 Å². The Morgan fingerprint density at radius 1 is 0.939 bits per heavy atom. The Labute approximate surface area is 191 Å². The van der Waals surface area contributed by atoms with E-state index in [4.69, 9.17) is 9.47 Å². The molecule has 4 rings (SSSR count). The first-order valence-electron chi connectivity index (χ1n) is 10.6. The summed E-state index contributed by atoms with van der Waals surface area (Å²) in [5.41, 5.74) is 4.62. The van der Waals surface area contributed by atoms with Gasteiger partial charge in [-0.2, -0.15) is 5.10 Å². The van der Waals surface area contributed by atoms with E-state index in [1.165, 1.54) is 12.1 Å². The third kappa shape index (κ3) is 5.54. The first kappa shape index (κ1) is 22.0. The molecule has 0 fully saturated rings. The summed E-state index contributed by atoms with van der Waals surface area (Å²) in [5.74, 6) is 0.692. The van der Waals surface area contributed by atoms with Crippen LogP contribution in [0.15, 0.2) is 90.0 Å². The Bertz CT molecular complexity index is 1270. The molecule has 4 aromatic rings. The van der Waals surface area contributed by atoms with E-state index < -0.39 is 0 Å². The van der Waals surface area contributed by atoms with Gasteiger partial charge in [-0.3, -0.25) is 4.79 Å². The highest BCUT2D eigenvalue weighted by Crippen LogP contribution is 2.27. The van der Waals surface area contributed by atoms with Crippen LogP contribution in [0.2, 0.25) is 0 Å². The van der Waals surface area contributed by atoms with Crippen molar-refractivity contribution >= 4 is 22.9 Å². The highest BCUT2D eigenvalue weighted by Gasteiger charge is 2.09. The molecule has 0 atom stereocenters. The number of ether oxygens (including phenoxy) is 2. The molecular formula is C27H23FN2O3. The van der Waals surface area contributed by atoms with E-state index in [0.29, 0.717) is 23.7 Å². The lowest BCUT2D eigenvalue weighted by Crippen LogP contribution is -2.17. The number of halogens is 1. The second-order valence-corrected chi connectivity index (χ2v) is 7.27. The maximum absolute atomic E-state index is 13.2. The van der Waals surface area contributed by atoms with Crippen LogP contribution in [0.5, 0.6) is 11.5 Å². The topological polar surface area (TPSA) is 59.9 Å². The summed E-state index contributed by atoms with van der Waals surface area (Å²) >= 11 is 0. The molecule has 0 radical (unpaired) electrons. The van der Waals surface area contributed by atoms with Gasteiger partial charge in [-0.1, -0.05) is 42.5 Å². The average molecular weight is 442 g/mol. The summed E-state index contributed by atoms with van der Waals surface area (Å²) in [6.45, 7) is 2.74. The highest BCUT2D eigenvalue weighted by molar-refractivity contribution is 6.03. The summed E-state index contributed by atoms with van der Waals surface area (Å²) in [5, 5.41) is 6.13. The molecule has 0 heterocycles. The molecule has 166 valence electrons. The van der Waals surface area contributed by atoms with Gasteiger partial charge in [-0.05, 0) is 65.7 Å². The zero-order valence-corrected chi connectivity index (χ0v) is 18.1. The molecule has 4 aromatic carbocycles. The molecule has 0 saturated carbocycles. The van der Waals surface area contributed by atoms with Crippen molar-refractivity contribution in [2.45, 2.75) is 13.5 Å². The number of hydrogen-bond donors (Lipinski definition) is 1. The zero-order valence-electron chi connectivity index (χ0n) is 18.1. The van der Waals surface area contributed by atoms with E-state index in [0.717, 1.165) is 21.9 Å². The lowest BCUT2D eigenvalue weighted by Gasteiger charge is -2.12. The van der Waals surface area contributed by atoms with Crippen molar-refractivity contribution in [2.24, 2.45) is 5.10 Å². The second kappa shape index (κ2) is 10.4. The monoisotopic (exact) mass is 442 g/mol. The van der Waals surface area contributed by atoms with Crippen LogP contribution in [0.25, 0.3) is 10.8 Å². The molecule has 0 aromatic heterocycles. The third-order valence-corrected chi connectivity index (χ3v) is 5.03. The fraction of sp³-hybridized carbons (Fsp3) is 0.111. The Morgan fingerprint density at radius 2 is 1.70 bits per heavy atom. The number of benzene rings is 4. The molecule has 0 aliphatic heterocycles. The van der Waals surface area contributed by atoms with Gasteiger partial charge in [-0.25, -0.2) is 9.82 Å². The predicted octanol–water partition coefficient (Wildman–Crippen LogP) is 5.72. The lowest BCUT2D eigenvalue weighted by atomic mass is 10.0. The number of nitrogens with zero attached hydrogens (tertiary/aromatic N) is 1. The smallest absolute Gasteiger partial charge is 0.271 e. The average Bonchev–Trinajstić information content (AvgIpc) is 2.85. The molecule has 1 amide bonds. The summed E-state index contributed by atoms with van der Waals surface area (Å²) in [4.78, 5) is 12.5. The van der Waals surface area contributed by atoms with Gasteiger partial charge in [0, 0.05) is 11.1 Å². The standard InChI is InChI=1S/C27H23FN2O3/c1-2-32-23-14-9-21(10-15-23)27(31)30-29-17-25-24-6-4-3-5-20(24)11-16-26(25)33-18-19-7-12-22(28)13-8-19/h3-17H,2,18H2,1H3,(H,30,31)/b29-17+. The Kier molecular flexibility index (Phi) is 6.95. The molecule has 0 spiro atoms. The van der Waals surface area contributed by atoms with E-state index >= 15 is 0 Å². The van der Waals surface area contributed by atoms with E-state index in [9.17, 15) is 9.18 Å². The van der Waals surface area contributed by atoms with Gasteiger partial charge in [0.2, 0.25) is 0 Å². The van der Waals surface area contributed by atoms with E-state index in [1.54, 1.807) is 42.6 Å². The van der Waals surface area contributed by atoms with Crippen molar-refractivity contribution in [3.8, 4) is 11.5 Å². The minimum atomic E-state index is -0.330.